The molecule has 0 fully saturated rings. The van der Waals surface area contributed by atoms with Gasteiger partial charge in [0.25, 0.3) is 0 Å². The molecular formula is C17H20N4. The average Bonchev–Trinajstić information content (AvgIpc) is 2.97. The number of aromatic nitrogens is 3. The number of hydrogen-bond acceptors (Lipinski definition) is 3. The van der Waals surface area contributed by atoms with Gasteiger partial charge in [-0.05, 0) is 19.9 Å². The smallest absolute Gasteiger partial charge is 0.155 e. The lowest BCUT2D eigenvalue weighted by Crippen LogP contribution is -2.14. The molecule has 0 radical (unpaired) electrons. The van der Waals surface area contributed by atoms with Gasteiger partial charge in [-0.15, -0.1) is 0 Å². The minimum Gasteiger partial charge on any atom is -0.381 e. The van der Waals surface area contributed by atoms with Crippen LogP contribution in [0.15, 0.2) is 61.0 Å². The van der Waals surface area contributed by atoms with E-state index in [4.69, 9.17) is 0 Å². The number of hydrogen-bond donors (Lipinski definition) is 2. The molecule has 2 aromatic heterocycles. The van der Waals surface area contributed by atoms with Crippen molar-refractivity contribution in [3.8, 4) is 0 Å². The molecule has 4 nitrogen and oxygen atoms in total. The fraction of sp³-hybridized carbons (Fsp3) is 0.176. The zero-order valence-corrected chi connectivity index (χ0v) is 12.5. The summed E-state index contributed by atoms with van der Waals surface area (Å²) in [4.78, 5) is 4.31. The molecule has 21 heavy (non-hydrogen) atoms. The Morgan fingerprint density at radius 1 is 1.33 bits per heavy atom. The summed E-state index contributed by atoms with van der Waals surface area (Å²) in [6.07, 6.45) is 9.51. The summed E-state index contributed by atoms with van der Waals surface area (Å²) in [7, 11) is 0. The zero-order valence-electron chi connectivity index (χ0n) is 12.5. The van der Waals surface area contributed by atoms with Crippen LogP contribution in [-0.4, -0.2) is 21.7 Å². The Labute approximate surface area is 125 Å². The van der Waals surface area contributed by atoms with Gasteiger partial charge in [0.2, 0.25) is 0 Å². The van der Waals surface area contributed by atoms with Gasteiger partial charge in [-0.2, -0.15) is 5.10 Å². The van der Waals surface area contributed by atoms with E-state index in [2.05, 4.69) is 46.7 Å². The molecule has 0 unspecified atom stereocenters. The van der Waals surface area contributed by atoms with Crippen LogP contribution in [0.3, 0.4) is 0 Å². The Morgan fingerprint density at radius 2 is 2.14 bits per heavy atom. The number of fused-ring (bicyclic) bond motifs is 1. The highest BCUT2D eigenvalue weighted by Crippen LogP contribution is 2.14. The van der Waals surface area contributed by atoms with Crippen LogP contribution in [0.25, 0.3) is 16.7 Å². The minimum absolute atomic E-state index is 0.739. The molecule has 0 saturated carbocycles. The van der Waals surface area contributed by atoms with Gasteiger partial charge in [0, 0.05) is 29.4 Å². The minimum atomic E-state index is 0.739. The molecule has 2 N–H and O–H groups in total. The zero-order chi connectivity index (χ0) is 15.2. The Morgan fingerprint density at radius 3 is 2.90 bits per heavy atom. The van der Waals surface area contributed by atoms with E-state index in [0.717, 1.165) is 34.4 Å². The van der Waals surface area contributed by atoms with Crippen molar-refractivity contribution >= 4 is 16.7 Å². The van der Waals surface area contributed by atoms with Crippen molar-refractivity contribution in [3.05, 3.63) is 66.6 Å². The molecule has 108 valence electrons. The third-order valence-corrected chi connectivity index (χ3v) is 3.17. The summed E-state index contributed by atoms with van der Waals surface area (Å²) in [5.74, 6) is 0. The maximum atomic E-state index is 4.31. The molecule has 4 heteroatoms. The van der Waals surface area contributed by atoms with Crippen molar-refractivity contribution in [3.63, 3.8) is 0 Å². The number of rotatable bonds is 6. The first kappa shape index (κ1) is 14.8. The number of nitrogens with one attached hydrogen (secondary N) is 2. The first-order valence-corrected chi connectivity index (χ1v) is 6.79. The van der Waals surface area contributed by atoms with Gasteiger partial charge in [-0.3, -0.25) is 5.10 Å². The van der Waals surface area contributed by atoms with E-state index in [0.29, 0.717) is 0 Å². The van der Waals surface area contributed by atoms with Crippen molar-refractivity contribution in [1.82, 2.24) is 20.5 Å². The topological polar surface area (TPSA) is 53.6 Å². The maximum Gasteiger partial charge on any atom is 0.155 e. The molecule has 2 heterocycles. The number of allylic oxidation sites excluding steroid dienone is 4. The maximum absolute atomic E-state index is 4.31. The molecule has 0 saturated heterocycles. The Bertz CT molecular complexity index is 719. The Hall–Kier alpha value is -2.62. The summed E-state index contributed by atoms with van der Waals surface area (Å²) in [6, 6.07) is 2.02. The van der Waals surface area contributed by atoms with Crippen LogP contribution in [0.1, 0.15) is 19.4 Å². The second-order valence-corrected chi connectivity index (χ2v) is 4.99. The number of aromatic amines is 1. The van der Waals surface area contributed by atoms with Crippen molar-refractivity contribution < 1.29 is 0 Å². The third kappa shape index (κ3) is 3.92. The van der Waals surface area contributed by atoms with E-state index in [-0.39, 0.29) is 0 Å². The van der Waals surface area contributed by atoms with Gasteiger partial charge in [0.05, 0.1) is 6.20 Å². The second kappa shape index (κ2) is 6.70. The predicted molar refractivity (Wildman–Crippen MR) is 88.6 cm³/mol. The van der Waals surface area contributed by atoms with Crippen LogP contribution in [0.4, 0.5) is 0 Å². The van der Waals surface area contributed by atoms with E-state index >= 15 is 0 Å². The molecule has 0 atom stereocenters. The normalized spacial score (nSPS) is 12.5. The predicted octanol–water partition coefficient (Wildman–Crippen LogP) is 3.60. The summed E-state index contributed by atoms with van der Waals surface area (Å²) >= 11 is 0. The molecule has 0 spiro atoms. The lowest BCUT2D eigenvalue weighted by molar-refractivity contribution is 0.957. The number of nitrogens with zero attached hydrogens (tertiary/aromatic N) is 2. The summed E-state index contributed by atoms with van der Waals surface area (Å²) in [6.45, 7) is 12.6. The molecule has 2 rings (SSSR count). The fourth-order valence-electron chi connectivity index (χ4n) is 1.75. The SMILES string of the molecule is C=C/C(C)=C\C=C(/C)CNC(=C)c1cnc2[nH]ncc2c1. The summed E-state index contributed by atoms with van der Waals surface area (Å²) in [5, 5.41) is 11.1. The Kier molecular flexibility index (Phi) is 4.72. The lowest BCUT2D eigenvalue weighted by Gasteiger charge is -2.09. The van der Waals surface area contributed by atoms with Gasteiger partial charge in [0.15, 0.2) is 5.65 Å². The number of pyridine rings is 1. The van der Waals surface area contributed by atoms with Crippen molar-refractivity contribution in [2.45, 2.75) is 13.8 Å². The third-order valence-electron chi connectivity index (χ3n) is 3.17. The van der Waals surface area contributed by atoms with Crippen molar-refractivity contribution in [2.24, 2.45) is 0 Å². The molecule has 0 aliphatic carbocycles. The molecular weight excluding hydrogens is 260 g/mol. The largest absolute Gasteiger partial charge is 0.381 e. The fourth-order valence-corrected chi connectivity index (χ4v) is 1.75. The van der Waals surface area contributed by atoms with E-state index in [9.17, 15) is 0 Å². The first-order chi connectivity index (χ1) is 10.1. The molecule has 0 aliphatic rings. The van der Waals surface area contributed by atoms with E-state index in [1.165, 1.54) is 5.57 Å². The molecule has 0 aromatic carbocycles. The van der Waals surface area contributed by atoms with E-state index in [1.807, 2.05) is 25.1 Å². The van der Waals surface area contributed by atoms with Crippen LogP contribution in [-0.2, 0) is 0 Å². The van der Waals surface area contributed by atoms with Gasteiger partial charge in [-0.1, -0.05) is 42.5 Å². The van der Waals surface area contributed by atoms with Crippen LogP contribution in [0.5, 0.6) is 0 Å². The molecule has 2 aromatic rings. The lowest BCUT2D eigenvalue weighted by atomic mass is 10.2. The first-order valence-electron chi connectivity index (χ1n) is 6.79. The van der Waals surface area contributed by atoms with Gasteiger partial charge < -0.3 is 5.32 Å². The molecule has 0 amide bonds. The van der Waals surface area contributed by atoms with Crippen LogP contribution in [0.2, 0.25) is 0 Å². The van der Waals surface area contributed by atoms with E-state index in [1.54, 1.807) is 12.4 Å². The summed E-state index contributed by atoms with van der Waals surface area (Å²) < 4.78 is 0. The second-order valence-electron chi connectivity index (χ2n) is 4.99. The van der Waals surface area contributed by atoms with Crippen LogP contribution in [0, 0.1) is 0 Å². The highest BCUT2D eigenvalue weighted by atomic mass is 15.1. The average molecular weight is 280 g/mol. The highest BCUT2D eigenvalue weighted by molar-refractivity contribution is 5.78. The standard InChI is InChI=1S/C17H20N4/c1-5-12(2)6-7-13(3)9-18-14(4)15-8-16-11-20-21-17(16)19-10-15/h5-8,10-11,18H,1,4,9H2,2-3H3,(H,19,20,21)/b12-6-,13-7+. The van der Waals surface area contributed by atoms with Gasteiger partial charge in [0.1, 0.15) is 0 Å². The highest BCUT2D eigenvalue weighted by Gasteiger charge is 2.02. The molecule has 0 aliphatic heterocycles. The van der Waals surface area contributed by atoms with Crippen molar-refractivity contribution in [2.75, 3.05) is 6.54 Å². The number of H-pyrrole nitrogens is 1. The molecule has 0 bridgehead atoms. The van der Waals surface area contributed by atoms with Gasteiger partial charge in [-0.25, -0.2) is 4.98 Å². The van der Waals surface area contributed by atoms with Crippen LogP contribution < -0.4 is 5.32 Å². The van der Waals surface area contributed by atoms with E-state index < -0.39 is 0 Å². The van der Waals surface area contributed by atoms with Crippen molar-refractivity contribution in [1.29, 1.82) is 0 Å². The summed E-state index contributed by atoms with van der Waals surface area (Å²) in [5.41, 5.74) is 4.96. The quantitative estimate of drug-likeness (QED) is 0.795. The van der Waals surface area contributed by atoms with Gasteiger partial charge >= 0.3 is 0 Å². The monoisotopic (exact) mass is 280 g/mol. The Balaban J connectivity index is 1.99. The van der Waals surface area contributed by atoms with Crippen LogP contribution >= 0.6 is 0 Å².